The fourth-order valence-electron chi connectivity index (χ4n) is 1.83. The highest BCUT2D eigenvalue weighted by Crippen LogP contribution is 2.16. The Balaban J connectivity index is 2.13. The van der Waals surface area contributed by atoms with Crippen LogP contribution in [0.2, 0.25) is 0 Å². The van der Waals surface area contributed by atoms with Gasteiger partial charge in [-0.1, -0.05) is 0 Å². The fourth-order valence-corrected chi connectivity index (χ4v) is 1.83. The largest absolute Gasteiger partial charge is 0.307 e. The molecule has 3 aromatic rings. The first-order chi connectivity index (χ1) is 9.60. The van der Waals surface area contributed by atoms with E-state index in [0.717, 1.165) is 6.20 Å². The van der Waals surface area contributed by atoms with Crippen molar-refractivity contribution >= 4 is 11.3 Å². The molecule has 0 aromatic carbocycles. The highest BCUT2D eigenvalue weighted by molar-refractivity contribution is 5.57. The van der Waals surface area contributed by atoms with Gasteiger partial charge in [0.15, 0.2) is 5.65 Å². The van der Waals surface area contributed by atoms with Crippen LogP contribution in [-0.2, 0) is 0 Å². The van der Waals surface area contributed by atoms with Crippen LogP contribution in [0.4, 0.5) is 5.69 Å². The molecular formula is C11H7N7O2. The Morgan fingerprint density at radius 3 is 2.85 bits per heavy atom. The average molecular weight is 269 g/mol. The van der Waals surface area contributed by atoms with Crippen LogP contribution in [0.25, 0.3) is 11.3 Å². The second kappa shape index (κ2) is 4.13. The second-order valence-corrected chi connectivity index (χ2v) is 4.05. The van der Waals surface area contributed by atoms with Gasteiger partial charge in [0.05, 0.1) is 23.0 Å². The Hall–Kier alpha value is -3.28. The van der Waals surface area contributed by atoms with Gasteiger partial charge in [-0.15, -0.1) is 0 Å². The highest BCUT2D eigenvalue weighted by Gasteiger charge is 2.13. The number of hydrogen-bond donors (Lipinski definition) is 0. The van der Waals surface area contributed by atoms with Gasteiger partial charge in [-0.05, 0) is 6.92 Å². The van der Waals surface area contributed by atoms with E-state index in [1.165, 1.54) is 21.6 Å². The van der Waals surface area contributed by atoms with Gasteiger partial charge in [0.25, 0.3) is 0 Å². The molecule has 0 aliphatic heterocycles. The van der Waals surface area contributed by atoms with Gasteiger partial charge in [-0.2, -0.15) is 15.5 Å². The van der Waals surface area contributed by atoms with Crippen LogP contribution in [0.1, 0.15) is 11.3 Å². The minimum atomic E-state index is -0.526. The molecule has 0 aliphatic carbocycles. The van der Waals surface area contributed by atoms with Gasteiger partial charge < -0.3 is 0 Å². The Kier molecular flexibility index (Phi) is 2.43. The van der Waals surface area contributed by atoms with Crippen molar-refractivity contribution in [3.63, 3.8) is 0 Å². The van der Waals surface area contributed by atoms with Crippen molar-refractivity contribution in [2.24, 2.45) is 0 Å². The Morgan fingerprint density at radius 2 is 2.20 bits per heavy atom. The number of nitriles is 1. The second-order valence-electron chi connectivity index (χ2n) is 4.05. The molecule has 0 saturated heterocycles. The number of nitro groups is 1. The molecule has 0 fully saturated rings. The summed E-state index contributed by atoms with van der Waals surface area (Å²) >= 11 is 0. The summed E-state index contributed by atoms with van der Waals surface area (Å²) in [6.07, 6.45) is 5.52. The van der Waals surface area contributed by atoms with Crippen LogP contribution in [0.3, 0.4) is 0 Å². The minimum Gasteiger partial charge on any atom is -0.258 e. The first-order valence-corrected chi connectivity index (χ1v) is 5.54. The van der Waals surface area contributed by atoms with Crippen molar-refractivity contribution in [3.8, 4) is 11.8 Å². The third-order valence-corrected chi connectivity index (χ3v) is 2.79. The van der Waals surface area contributed by atoms with Crippen molar-refractivity contribution in [1.82, 2.24) is 24.4 Å². The van der Waals surface area contributed by atoms with E-state index < -0.39 is 4.92 Å². The zero-order valence-corrected chi connectivity index (χ0v) is 10.3. The lowest BCUT2D eigenvalue weighted by Crippen LogP contribution is -1.99. The van der Waals surface area contributed by atoms with Crippen LogP contribution in [0.15, 0.2) is 24.8 Å². The van der Waals surface area contributed by atoms with Crippen molar-refractivity contribution in [3.05, 3.63) is 46.2 Å². The van der Waals surface area contributed by atoms with Crippen molar-refractivity contribution in [1.29, 1.82) is 5.26 Å². The predicted octanol–water partition coefficient (Wildman–Crippen LogP) is 1.00. The van der Waals surface area contributed by atoms with E-state index >= 15 is 0 Å². The molecule has 3 aromatic heterocycles. The van der Waals surface area contributed by atoms with Gasteiger partial charge in [0.2, 0.25) is 0 Å². The smallest absolute Gasteiger partial charge is 0.258 e. The summed E-state index contributed by atoms with van der Waals surface area (Å²) in [7, 11) is 0. The first kappa shape index (κ1) is 11.8. The normalized spacial score (nSPS) is 10.6. The SMILES string of the molecule is Cc1nn2cc(-n3cc([N+](=O)[O-])cn3)cnc2c1C#N. The van der Waals surface area contributed by atoms with Crippen LogP contribution in [-0.4, -0.2) is 29.3 Å². The van der Waals surface area contributed by atoms with Gasteiger partial charge >= 0.3 is 5.69 Å². The summed E-state index contributed by atoms with van der Waals surface area (Å²) < 4.78 is 2.78. The van der Waals surface area contributed by atoms with Crippen LogP contribution >= 0.6 is 0 Å². The van der Waals surface area contributed by atoms with Gasteiger partial charge in [0.1, 0.15) is 29.7 Å². The van der Waals surface area contributed by atoms with E-state index in [-0.39, 0.29) is 5.69 Å². The summed E-state index contributed by atoms with van der Waals surface area (Å²) in [5.41, 5.74) is 1.82. The average Bonchev–Trinajstić information content (AvgIpc) is 3.00. The lowest BCUT2D eigenvalue weighted by Gasteiger charge is -2.00. The van der Waals surface area contributed by atoms with E-state index in [1.54, 1.807) is 13.1 Å². The maximum atomic E-state index is 10.6. The molecule has 3 heterocycles. The Morgan fingerprint density at radius 1 is 1.40 bits per heavy atom. The minimum absolute atomic E-state index is 0.112. The quantitative estimate of drug-likeness (QED) is 0.506. The van der Waals surface area contributed by atoms with Crippen LogP contribution in [0, 0.1) is 28.4 Å². The maximum absolute atomic E-state index is 10.6. The lowest BCUT2D eigenvalue weighted by molar-refractivity contribution is -0.384. The molecule has 0 spiro atoms. The summed E-state index contributed by atoms with van der Waals surface area (Å²) in [4.78, 5) is 14.3. The number of rotatable bonds is 2. The Labute approximate surface area is 111 Å². The van der Waals surface area contributed by atoms with Gasteiger partial charge in [-0.25, -0.2) is 14.2 Å². The first-order valence-electron chi connectivity index (χ1n) is 5.54. The summed E-state index contributed by atoms with van der Waals surface area (Å²) in [6.45, 7) is 1.71. The van der Waals surface area contributed by atoms with E-state index in [9.17, 15) is 10.1 Å². The highest BCUT2D eigenvalue weighted by atomic mass is 16.6. The fraction of sp³-hybridized carbons (Fsp3) is 0.0909. The number of aryl methyl sites for hydroxylation is 1. The molecule has 20 heavy (non-hydrogen) atoms. The lowest BCUT2D eigenvalue weighted by atomic mass is 10.3. The number of hydrogen-bond acceptors (Lipinski definition) is 6. The molecule has 98 valence electrons. The molecule has 0 bridgehead atoms. The maximum Gasteiger partial charge on any atom is 0.307 e. The third-order valence-electron chi connectivity index (χ3n) is 2.79. The molecule has 0 aliphatic rings. The standard InChI is InChI=1S/C11H7N7O2/c1-7-10(2-12)11-13-3-8(5-17(11)15-7)16-6-9(4-14-16)18(19)20/h3-6H,1H3. The Bertz CT molecular complexity index is 871. The van der Waals surface area contributed by atoms with E-state index in [0.29, 0.717) is 22.6 Å². The number of nitrogens with zero attached hydrogens (tertiary/aromatic N) is 7. The van der Waals surface area contributed by atoms with Crippen molar-refractivity contribution in [2.45, 2.75) is 6.92 Å². The van der Waals surface area contributed by atoms with Crippen molar-refractivity contribution in [2.75, 3.05) is 0 Å². The predicted molar refractivity (Wildman–Crippen MR) is 66.2 cm³/mol. The zero-order chi connectivity index (χ0) is 14.3. The molecule has 0 radical (unpaired) electrons. The monoisotopic (exact) mass is 269 g/mol. The molecule has 0 amide bonds. The molecule has 9 heteroatoms. The van der Waals surface area contributed by atoms with Crippen molar-refractivity contribution < 1.29 is 4.92 Å². The van der Waals surface area contributed by atoms with Crippen LogP contribution in [0.5, 0.6) is 0 Å². The molecule has 0 N–H and O–H groups in total. The van der Waals surface area contributed by atoms with E-state index in [4.69, 9.17) is 5.26 Å². The molecule has 9 nitrogen and oxygen atoms in total. The van der Waals surface area contributed by atoms with E-state index in [2.05, 4.69) is 15.2 Å². The number of fused-ring (bicyclic) bond motifs is 1. The summed E-state index contributed by atoms with van der Waals surface area (Å²) in [5, 5.41) is 27.7. The number of aromatic nitrogens is 5. The molecule has 3 rings (SSSR count). The molecular weight excluding hydrogens is 262 g/mol. The summed E-state index contributed by atoms with van der Waals surface area (Å²) in [5.74, 6) is 0. The van der Waals surface area contributed by atoms with Crippen LogP contribution < -0.4 is 0 Å². The molecule has 0 atom stereocenters. The van der Waals surface area contributed by atoms with E-state index in [1.807, 2.05) is 6.07 Å². The zero-order valence-electron chi connectivity index (χ0n) is 10.3. The molecule has 0 unspecified atom stereocenters. The summed E-state index contributed by atoms with van der Waals surface area (Å²) in [6, 6.07) is 2.04. The molecule has 0 saturated carbocycles. The topological polar surface area (TPSA) is 115 Å². The third kappa shape index (κ3) is 1.67. The van der Waals surface area contributed by atoms with Gasteiger partial charge in [-0.3, -0.25) is 10.1 Å². The van der Waals surface area contributed by atoms with Gasteiger partial charge in [0, 0.05) is 0 Å².